The highest BCUT2D eigenvalue weighted by Crippen LogP contribution is 2.16. The van der Waals surface area contributed by atoms with Gasteiger partial charge in [0, 0.05) is 36.9 Å². The van der Waals surface area contributed by atoms with E-state index in [1.807, 2.05) is 32.4 Å². The van der Waals surface area contributed by atoms with Crippen molar-refractivity contribution < 1.29 is 0 Å². The van der Waals surface area contributed by atoms with Crippen LogP contribution in [0.3, 0.4) is 0 Å². The zero-order valence-electron chi connectivity index (χ0n) is 9.47. The van der Waals surface area contributed by atoms with Crippen LogP contribution in [0.4, 0.5) is 11.5 Å². The topological polar surface area (TPSA) is 28.2 Å². The maximum atomic E-state index is 4.29. The molecule has 0 saturated carbocycles. The van der Waals surface area contributed by atoms with Gasteiger partial charge in [0.15, 0.2) is 0 Å². The van der Waals surface area contributed by atoms with Crippen molar-refractivity contribution in [2.45, 2.75) is 6.54 Å². The van der Waals surface area contributed by atoms with Gasteiger partial charge in [-0.05, 0) is 17.5 Å². The molecule has 2 aromatic heterocycles. The third-order valence-electron chi connectivity index (χ3n) is 2.28. The SMILES string of the molecule is CN(C)c1ccnc(NCc2cccs2)c1. The van der Waals surface area contributed by atoms with E-state index in [4.69, 9.17) is 0 Å². The smallest absolute Gasteiger partial charge is 0.128 e. The number of aromatic nitrogens is 1. The summed E-state index contributed by atoms with van der Waals surface area (Å²) in [6.45, 7) is 0.835. The lowest BCUT2D eigenvalue weighted by molar-refractivity contribution is 1.10. The van der Waals surface area contributed by atoms with Gasteiger partial charge in [-0.25, -0.2) is 4.98 Å². The highest BCUT2D eigenvalue weighted by Gasteiger charge is 1.99. The van der Waals surface area contributed by atoms with Crippen LogP contribution in [-0.2, 0) is 6.54 Å². The molecule has 2 heterocycles. The summed E-state index contributed by atoms with van der Waals surface area (Å²) in [5.74, 6) is 0.916. The Hall–Kier alpha value is -1.55. The Bertz CT molecular complexity index is 437. The standard InChI is InChI=1S/C12H15N3S/c1-15(2)10-5-6-13-12(8-10)14-9-11-4-3-7-16-11/h3-8H,9H2,1-2H3,(H,13,14). The quantitative estimate of drug-likeness (QED) is 0.880. The van der Waals surface area contributed by atoms with Crippen LogP contribution < -0.4 is 10.2 Å². The summed E-state index contributed by atoms with van der Waals surface area (Å²) in [7, 11) is 4.05. The summed E-state index contributed by atoms with van der Waals surface area (Å²) >= 11 is 1.75. The fraction of sp³-hybridized carbons (Fsp3) is 0.250. The summed E-state index contributed by atoms with van der Waals surface area (Å²) in [5, 5.41) is 5.40. The van der Waals surface area contributed by atoms with Gasteiger partial charge in [0.05, 0.1) is 6.54 Å². The highest BCUT2D eigenvalue weighted by atomic mass is 32.1. The average molecular weight is 233 g/mol. The molecule has 0 spiro atoms. The van der Waals surface area contributed by atoms with Crippen LogP contribution in [0, 0.1) is 0 Å². The van der Waals surface area contributed by atoms with E-state index in [1.165, 1.54) is 4.88 Å². The molecule has 1 N–H and O–H groups in total. The molecular weight excluding hydrogens is 218 g/mol. The Labute approximate surface area is 99.8 Å². The van der Waals surface area contributed by atoms with Crippen molar-refractivity contribution in [2.24, 2.45) is 0 Å². The molecule has 0 aliphatic heterocycles. The van der Waals surface area contributed by atoms with E-state index in [1.54, 1.807) is 11.3 Å². The molecular formula is C12H15N3S. The largest absolute Gasteiger partial charge is 0.378 e. The molecule has 0 aliphatic carbocycles. The minimum absolute atomic E-state index is 0.835. The Morgan fingerprint density at radius 2 is 2.25 bits per heavy atom. The predicted octanol–water partition coefficient (Wildman–Crippen LogP) is 2.82. The van der Waals surface area contributed by atoms with E-state index < -0.39 is 0 Å². The molecule has 2 rings (SSSR count). The molecule has 4 heteroatoms. The molecule has 0 aliphatic rings. The molecule has 0 radical (unpaired) electrons. The van der Waals surface area contributed by atoms with Crippen molar-refractivity contribution in [3.8, 4) is 0 Å². The Kier molecular flexibility index (Phi) is 3.41. The molecule has 2 aromatic rings. The van der Waals surface area contributed by atoms with Gasteiger partial charge in [0.25, 0.3) is 0 Å². The fourth-order valence-electron chi connectivity index (χ4n) is 1.39. The second-order valence-electron chi connectivity index (χ2n) is 3.73. The van der Waals surface area contributed by atoms with E-state index in [0.717, 1.165) is 18.1 Å². The van der Waals surface area contributed by atoms with Gasteiger partial charge in [-0.15, -0.1) is 11.3 Å². The Morgan fingerprint density at radius 3 is 2.94 bits per heavy atom. The number of hydrogen-bond acceptors (Lipinski definition) is 4. The van der Waals surface area contributed by atoms with Gasteiger partial charge in [-0.1, -0.05) is 6.07 Å². The average Bonchev–Trinajstić information content (AvgIpc) is 2.79. The summed E-state index contributed by atoms with van der Waals surface area (Å²) in [6, 6.07) is 8.22. The van der Waals surface area contributed by atoms with Crippen LogP contribution >= 0.6 is 11.3 Å². The van der Waals surface area contributed by atoms with Crippen molar-refractivity contribution in [3.63, 3.8) is 0 Å². The zero-order valence-corrected chi connectivity index (χ0v) is 10.3. The van der Waals surface area contributed by atoms with Crippen LogP contribution in [0.15, 0.2) is 35.8 Å². The van der Waals surface area contributed by atoms with Gasteiger partial charge in [0.1, 0.15) is 5.82 Å². The van der Waals surface area contributed by atoms with Gasteiger partial charge in [0.2, 0.25) is 0 Å². The first kappa shape index (κ1) is 11.0. The first-order valence-corrected chi connectivity index (χ1v) is 6.03. The second-order valence-corrected chi connectivity index (χ2v) is 4.76. The maximum Gasteiger partial charge on any atom is 0.128 e. The fourth-order valence-corrected chi connectivity index (χ4v) is 2.03. The molecule has 0 aromatic carbocycles. The summed E-state index contributed by atoms with van der Waals surface area (Å²) in [6.07, 6.45) is 1.83. The minimum atomic E-state index is 0.835. The van der Waals surface area contributed by atoms with Crippen molar-refractivity contribution in [3.05, 3.63) is 40.7 Å². The molecule has 0 saturated heterocycles. The van der Waals surface area contributed by atoms with Crippen molar-refractivity contribution >= 4 is 22.8 Å². The normalized spacial score (nSPS) is 10.1. The van der Waals surface area contributed by atoms with Crippen LogP contribution in [0.1, 0.15) is 4.88 Å². The summed E-state index contributed by atoms with van der Waals surface area (Å²) in [4.78, 5) is 7.67. The van der Waals surface area contributed by atoms with Gasteiger partial charge < -0.3 is 10.2 Å². The van der Waals surface area contributed by atoms with Crippen molar-refractivity contribution in [1.29, 1.82) is 0 Å². The van der Waals surface area contributed by atoms with Gasteiger partial charge in [-0.3, -0.25) is 0 Å². The number of hydrogen-bond donors (Lipinski definition) is 1. The third kappa shape index (κ3) is 2.73. The monoisotopic (exact) mass is 233 g/mol. The number of anilines is 2. The van der Waals surface area contributed by atoms with E-state index in [2.05, 4.69) is 32.7 Å². The van der Waals surface area contributed by atoms with Crippen LogP contribution in [-0.4, -0.2) is 19.1 Å². The van der Waals surface area contributed by atoms with E-state index in [-0.39, 0.29) is 0 Å². The highest BCUT2D eigenvalue weighted by molar-refractivity contribution is 7.09. The molecule has 0 atom stereocenters. The van der Waals surface area contributed by atoms with Crippen molar-refractivity contribution in [1.82, 2.24) is 4.98 Å². The molecule has 0 unspecified atom stereocenters. The number of nitrogens with zero attached hydrogens (tertiary/aromatic N) is 2. The molecule has 3 nitrogen and oxygen atoms in total. The van der Waals surface area contributed by atoms with Crippen LogP contribution in [0.5, 0.6) is 0 Å². The second kappa shape index (κ2) is 4.99. The number of nitrogens with one attached hydrogen (secondary N) is 1. The van der Waals surface area contributed by atoms with Crippen LogP contribution in [0.25, 0.3) is 0 Å². The molecule has 0 fully saturated rings. The summed E-state index contributed by atoms with van der Waals surface area (Å²) < 4.78 is 0. The Balaban J connectivity index is 2.01. The van der Waals surface area contributed by atoms with Gasteiger partial charge >= 0.3 is 0 Å². The zero-order chi connectivity index (χ0) is 11.4. The van der Waals surface area contributed by atoms with E-state index in [9.17, 15) is 0 Å². The molecule has 0 bridgehead atoms. The van der Waals surface area contributed by atoms with E-state index in [0.29, 0.717) is 0 Å². The first-order chi connectivity index (χ1) is 7.75. The van der Waals surface area contributed by atoms with E-state index >= 15 is 0 Å². The number of rotatable bonds is 4. The molecule has 16 heavy (non-hydrogen) atoms. The number of thiophene rings is 1. The van der Waals surface area contributed by atoms with Crippen LogP contribution in [0.2, 0.25) is 0 Å². The lowest BCUT2D eigenvalue weighted by Crippen LogP contribution is -2.09. The predicted molar refractivity (Wildman–Crippen MR) is 70.2 cm³/mol. The number of pyridine rings is 1. The third-order valence-corrected chi connectivity index (χ3v) is 3.16. The van der Waals surface area contributed by atoms with Crippen molar-refractivity contribution in [2.75, 3.05) is 24.3 Å². The minimum Gasteiger partial charge on any atom is -0.378 e. The lowest BCUT2D eigenvalue weighted by Gasteiger charge is -2.13. The lowest BCUT2D eigenvalue weighted by atomic mass is 10.3. The first-order valence-electron chi connectivity index (χ1n) is 5.15. The maximum absolute atomic E-state index is 4.29. The summed E-state index contributed by atoms with van der Waals surface area (Å²) in [5.41, 5.74) is 1.16. The molecule has 0 amide bonds. The Morgan fingerprint density at radius 1 is 1.38 bits per heavy atom. The molecule has 84 valence electrons. The van der Waals surface area contributed by atoms with Gasteiger partial charge in [-0.2, -0.15) is 0 Å².